The second-order valence-electron chi connectivity index (χ2n) is 2.91. The van der Waals surface area contributed by atoms with Crippen molar-refractivity contribution in [2.24, 2.45) is 5.73 Å². The first kappa shape index (κ1) is 10.4. The highest BCUT2D eigenvalue weighted by molar-refractivity contribution is 9.11. The van der Waals surface area contributed by atoms with E-state index >= 15 is 0 Å². The molecule has 2 aromatic rings. The molecule has 0 aromatic carbocycles. The molecule has 0 fully saturated rings. The number of thiophene rings is 1. The Hall–Kier alpha value is -0.160. The molecule has 0 unspecified atom stereocenters. The van der Waals surface area contributed by atoms with Crippen molar-refractivity contribution in [1.29, 1.82) is 0 Å². The van der Waals surface area contributed by atoms with Gasteiger partial charge in [-0.25, -0.2) is 4.98 Å². The van der Waals surface area contributed by atoms with Crippen LogP contribution in [-0.2, 0) is 6.42 Å². The lowest BCUT2D eigenvalue weighted by Crippen LogP contribution is -2.03. The highest BCUT2D eigenvalue weighted by atomic mass is 79.9. The summed E-state index contributed by atoms with van der Waals surface area (Å²) in [6.07, 6.45) is 2.64. The summed E-state index contributed by atoms with van der Waals surface area (Å²) in [7, 11) is 0. The number of hydrogen-bond acceptors (Lipinski definition) is 3. The van der Waals surface area contributed by atoms with E-state index in [4.69, 9.17) is 17.3 Å². The van der Waals surface area contributed by atoms with Crippen LogP contribution in [0.5, 0.6) is 0 Å². The van der Waals surface area contributed by atoms with Crippen molar-refractivity contribution in [2.75, 3.05) is 6.54 Å². The molecule has 2 N–H and O–H groups in total. The fraction of sp³-hybridized carbons (Fsp3) is 0.222. The average Bonchev–Trinajstić information content (AvgIpc) is 2.53. The summed E-state index contributed by atoms with van der Waals surface area (Å²) in [4.78, 5) is 4.14. The van der Waals surface area contributed by atoms with Crippen molar-refractivity contribution < 1.29 is 0 Å². The summed E-state index contributed by atoms with van der Waals surface area (Å²) < 4.78 is 2.10. The maximum absolute atomic E-state index is 5.99. The quantitative estimate of drug-likeness (QED) is 0.863. The van der Waals surface area contributed by atoms with Gasteiger partial charge in [-0.15, -0.1) is 11.3 Å². The molecule has 0 aliphatic carbocycles. The molecule has 2 nitrogen and oxygen atoms in total. The van der Waals surface area contributed by atoms with Gasteiger partial charge in [-0.1, -0.05) is 11.6 Å². The molecule has 5 heteroatoms. The standard InChI is InChI=1S/C9H8BrClN2S/c10-7-3-6-5(1-2-12)4-13-9(11)8(6)14-7/h3-4H,1-2,12H2. The molecule has 0 aliphatic rings. The van der Waals surface area contributed by atoms with E-state index in [1.165, 1.54) is 0 Å². The Bertz CT molecular complexity index is 469. The van der Waals surface area contributed by atoms with Gasteiger partial charge in [0.2, 0.25) is 0 Å². The van der Waals surface area contributed by atoms with Gasteiger partial charge in [0.05, 0.1) is 8.49 Å². The van der Waals surface area contributed by atoms with Crippen LogP contribution in [-0.4, -0.2) is 11.5 Å². The van der Waals surface area contributed by atoms with E-state index in [2.05, 4.69) is 27.0 Å². The predicted octanol–water partition coefficient (Wildman–Crippen LogP) is 3.21. The molecular weight excluding hydrogens is 284 g/mol. The van der Waals surface area contributed by atoms with E-state index in [0.29, 0.717) is 11.7 Å². The fourth-order valence-corrected chi connectivity index (χ4v) is 3.16. The van der Waals surface area contributed by atoms with Crippen LogP contribution >= 0.6 is 38.9 Å². The van der Waals surface area contributed by atoms with Crippen LogP contribution in [0.2, 0.25) is 5.15 Å². The summed E-state index contributed by atoms with van der Waals surface area (Å²) in [5, 5.41) is 1.73. The highest BCUT2D eigenvalue weighted by Gasteiger charge is 2.08. The summed E-state index contributed by atoms with van der Waals surface area (Å²) in [5.74, 6) is 0. The van der Waals surface area contributed by atoms with Crippen LogP contribution in [0.25, 0.3) is 10.1 Å². The molecule has 0 amide bonds. The number of nitrogens with zero attached hydrogens (tertiary/aromatic N) is 1. The molecule has 2 rings (SSSR count). The summed E-state index contributed by atoms with van der Waals surface area (Å²) in [5.41, 5.74) is 6.69. The Kier molecular flexibility index (Phi) is 3.07. The third kappa shape index (κ3) is 1.80. The zero-order valence-electron chi connectivity index (χ0n) is 7.26. The largest absolute Gasteiger partial charge is 0.330 e. The lowest BCUT2D eigenvalue weighted by molar-refractivity contribution is 0.969. The summed E-state index contributed by atoms with van der Waals surface area (Å²) >= 11 is 11.0. The summed E-state index contributed by atoms with van der Waals surface area (Å²) in [6.45, 7) is 0.631. The maximum atomic E-state index is 5.99. The molecule has 74 valence electrons. The first-order chi connectivity index (χ1) is 6.72. The molecule has 0 saturated carbocycles. The number of halogens is 2. The average molecular weight is 292 g/mol. The van der Waals surface area contributed by atoms with E-state index < -0.39 is 0 Å². The van der Waals surface area contributed by atoms with Crippen LogP contribution in [0.4, 0.5) is 0 Å². The van der Waals surface area contributed by atoms with Gasteiger partial charge >= 0.3 is 0 Å². The molecule has 0 aliphatic heterocycles. The normalized spacial score (nSPS) is 11.1. The molecular formula is C9H8BrClN2S. The first-order valence-electron chi connectivity index (χ1n) is 4.15. The van der Waals surface area contributed by atoms with Crippen LogP contribution < -0.4 is 5.73 Å². The number of rotatable bonds is 2. The van der Waals surface area contributed by atoms with Gasteiger partial charge in [0.15, 0.2) is 0 Å². The van der Waals surface area contributed by atoms with Gasteiger partial charge in [-0.2, -0.15) is 0 Å². The van der Waals surface area contributed by atoms with Crippen molar-refractivity contribution in [3.63, 3.8) is 0 Å². The molecule has 0 bridgehead atoms. The minimum absolute atomic E-state index is 0.566. The van der Waals surface area contributed by atoms with Gasteiger partial charge in [-0.3, -0.25) is 0 Å². The SMILES string of the molecule is NCCc1cnc(Cl)c2sc(Br)cc12. The van der Waals surface area contributed by atoms with Crippen molar-refractivity contribution in [1.82, 2.24) is 4.98 Å². The van der Waals surface area contributed by atoms with Crippen molar-refractivity contribution in [2.45, 2.75) is 6.42 Å². The Balaban J connectivity index is 2.68. The molecule has 2 aromatic heterocycles. The van der Waals surface area contributed by atoms with Gasteiger partial charge in [0.1, 0.15) is 5.15 Å². The van der Waals surface area contributed by atoms with Gasteiger partial charge in [0.25, 0.3) is 0 Å². The van der Waals surface area contributed by atoms with E-state index in [-0.39, 0.29) is 0 Å². The maximum Gasteiger partial charge on any atom is 0.146 e. The minimum atomic E-state index is 0.566. The highest BCUT2D eigenvalue weighted by Crippen LogP contribution is 2.35. The van der Waals surface area contributed by atoms with Crippen LogP contribution in [0.1, 0.15) is 5.56 Å². The smallest absolute Gasteiger partial charge is 0.146 e. The predicted molar refractivity (Wildman–Crippen MR) is 65.1 cm³/mol. The van der Waals surface area contributed by atoms with Crippen molar-refractivity contribution in [3.8, 4) is 0 Å². The summed E-state index contributed by atoms with van der Waals surface area (Å²) in [6, 6.07) is 2.07. The zero-order valence-corrected chi connectivity index (χ0v) is 10.4. The van der Waals surface area contributed by atoms with Gasteiger partial charge in [0, 0.05) is 11.6 Å². The molecule has 0 spiro atoms. The first-order valence-corrected chi connectivity index (χ1v) is 6.13. The molecule has 0 atom stereocenters. The Morgan fingerprint density at radius 3 is 3.07 bits per heavy atom. The topological polar surface area (TPSA) is 38.9 Å². The number of fused-ring (bicyclic) bond motifs is 1. The van der Waals surface area contributed by atoms with Crippen molar-refractivity contribution >= 4 is 49.0 Å². The second-order valence-corrected chi connectivity index (χ2v) is 5.70. The molecule has 14 heavy (non-hydrogen) atoms. The molecule has 2 heterocycles. The number of aromatic nitrogens is 1. The Labute approximate surface area is 99.2 Å². The van der Waals surface area contributed by atoms with E-state index in [1.807, 2.05) is 0 Å². The molecule has 0 radical (unpaired) electrons. The fourth-order valence-electron chi connectivity index (χ4n) is 1.37. The van der Waals surface area contributed by atoms with E-state index in [9.17, 15) is 0 Å². The minimum Gasteiger partial charge on any atom is -0.330 e. The van der Waals surface area contributed by atoms with Crippen LogP contribution in [0.15, 0.2) is 16.0 Å². The third-order valence-electron chi connectivity index (χ3n) is 1.98. The van der Waals surface area contributed by atoms with Crippen LogP contribution in [0.3, 0.4) is 0 Å². The van der Waals surface area contributed by atoms with Gasteiger partial charge in [-0.05, 0) is 40.5 Å². The van der Waals surface area contributed by atoms with Gasteiger partial charge < -0.3 is 5.73 Å². The number of nitrogens with two attached hydrogens (primary N) is 1. The van der Waals surface area contributed by atoms with Crippen LogP contribution in [0, 0.1) is 0 Å². The van der Waals surface area contributed by atoms with Crippen molar-refractivity contribution in [3.05, 3.63) is 26.8 Å². The Morgan fingerprint density at radius 1 is 1.57 bits per heavy atom. The van der Waals surface area contributed by atoms with E-state index in [0.717, 1.165) is 25.9 Å². The molecule has 0 saturated heterocycles. The lowest BCUT2D eigenvalue weighted by Gasteiger charge is -2.00. The monoisotopic (exact) mass is 290 g/mol. The van der Waals surface area contributed by atoms with E-state index in [1.54, 1.807) is 17.5 Å². The zero-order chi connectivity index (χ0) is 10.1. The Morgan fingerprint density at radius 2 is 2.36 bits per heavy atom. The number of pyridine rings is 1. The number of hydrogen-bond donors (Lipinski definition) is 1. The third-order valence-corrected chi connectivity index (χ3v) is 4.03. The second kappa shape index (κ2) is 4.14. The lowest BCUT2D eigenvalue weighted by atomic mass is 10.1.